The summed E-state index contributed by atoms with van der Waals surface area (Å²) in [6.07, 6.45) is 0.997. The average molecular weight is 382 g/mol. The summed E-state index contributed by atoms with van der Waals surface area (Å²) >= 11 is 12.2. The first-order valence-corrected chi connectivity index (χ1v) is 8.83. The van der Waals surface area contributed by atoms with Gasteiger partial charge in [0.05, 0.1) is 23.7 Å². The lowest BCUT2D eigenvalue weighted by Crippen LogP contribution is -2.29. The van der Waals surface area contributed by atoms with Crippen LogP contribution >= 0.6 is 23.2 Å². The van der Waals surface area contributed by atoms with E-state index >= 15 is 0 Å². The monoisotopic (exact) mass is 381 g/mol. The van der Waals surface area contributed by atoms with Gasteiger partial charge in [0, 0.05) is 12.2 Å². The maximum Gasteiger partial charge on any atom is 0.343 e. The average Bonchev–Trinajstić information content (AvgIpc) is 2.63. The maximum absolute atomic E-state index is 12.4. The molecule has 0 N–H and O–H groups in total. The van der Waals surface area contributed by atoms with Crippen molar-refractivity contribution in [3.63, 3.8) is 0 Å². The van der Waals surface area contributed by atoms with Crippen LogP contribution in [-0.2, 0) is 4.74 Å². The molecule has 2 aromatic rings. The van der Waals surface area contributed by atoms with Crippen LogP contribution in [0.5, 0.6) is 5.75 Å². The van der Waals surface area contributed by atoms with Crippen molar-refractivity contribution in [2.45, 2.75) is 13.3 Å². The molecule has 0 aromatic heterocycles. The molecule has 0 spiro atoms. The van der Waals surface area contributed by atoms with E-state index in [-0.39, 0.29) is 22.9 Å². The van der Waals surface area contributed by atoms with Crippen molar-refractivity contribution < 1.29 is 14.3 Å². The van der Waals surface area contributed by atoms with Gasteiger partial charge in [-0.2, -0.15) is 0 Å². The normalized spacial score (nSPS) is 10.4. The van der Waals surface area contributed by atoms with Crippen LogP contribution in [0.4, 0.5) is 5.69 Å². The summed E-state index contributed by atoms with van der Waals surface area (Å²) < 4.78 is 10.6. The molecule has 0 aliphatic carbocycles. The number of nitrogens with zero attached hydrogens (tertiary/aromatic N) is 1. The Morgan fingerprint density at radius 3 is 2.36 bits per heavy atom. The second kappa shape index (κ2) is 9.54. The van der Waals surface area contributed by atoms with E-state index in [1.807, 2.05) is 30.3 Å². The molecule has 25 heavy (non-hydrogen) atoms. The minimum atomic E-state index is -0.547. The lowest BCUT2D eigenvalue weighted by molar-refractivity contribution is 0.0511. The number of carbonyl (C=O) groups excluding carboxylic acids is 1. The number of ether oxygens (including phenoxy) is 2. The Balaban J connectivity index is 2.03. The molecule has 0 heterocycles. The summed E-state index contributed by atoms with van der Waals surface area (Å²) in [5, 5.41) is 0.565. The van der Waals surface area contributed by atoms with Gasteiger partial charge in [0.25, 0.3) is 0 Å². The predicted octanol–water partition coefficient (Wildman–Crippen LogP) is 5.08. The fourth-order valence-corrected chi connectivity index (χ4v) is 2.98. The highest BCUT2D eigenvalue weighted by atomic mass is 35.5. The third kappa shape index (κ3) is 5.03. The smallest absolute Gasteiger partial charge is 0.343 e. The van der Waals surface area contributed by atoms with Crippen molar-refractivity contribution in [2.75, 3.05) is 31.7 Å². The number of hydrogen-bond acceptors (Lipinski definition) is 4. The topological polar surface area (TPSA) is 38.8 Å². The van der Waals surface area contributed by atoms with Gasteiger partial charge in [0.2, 0.25) is 0 Å². The number of hydrogen-bond donors (Lipinski definition) is 0. The van der Waals surface area contributed by atoms with Crippen molar-refractivity contribution in [3.8, 4) is 5.75 Å². The van der Waals surface area contributed by atoms with Crippen LogP contribution in [-0.4, -0.2) is 32.8 Å². The highest BCUT2D eigenvalue weighted by molar-refractivity contribution is 6.37. The van der Waals surface area contributed by atoms with Gasteiger partial charge in [0.15, 0.2) is 5.75 Å². The molecule has 2 rings (SSSR count). The van der Waals surface area contributed by atoms with Crippen molar-refractivity contribution in [1.29, 1.82) is 0 Å². The van der Waals surface area contributed by atoms with Gasteiger partial charge in [-0.25, -0.2) is 4.79 Å². The van der Waals surface area contributed by atoms with Gasteiger partial charge in [-0.05, 0) is 30.7 Å². The van der Waals surface area contributed by atoms with Crippen LogP contribution in [0.1, 0.15) is 23.7 Å². The quantitative estimate of drug-likeness (QED) is 0.597. The Morgan fingerprint density at radius 2 is 1.72 bits per heavy atom. The molecule has 4 nitrogen and oxygen atoms in total. The summed E-state index contributed by atoms with van der Waals surface area (Å²) in [5.74, 6) is -0.318. The summed E-state index contributed by atoms with van der Waals surface area (Å²) in [6.45, 7) is 3.81. The van der Waals surface area contributed by atoms with E-state index in [0.29, 0.717) is 11.6 Å². The van der Waals surface area contributed by atoms with E-state index < -0.39 is 5.97 Å². The van der Waals surface area contributed by atoms with Gasteiger partial charge in [-0.1, -0.05) is 48.3 Å². The van der Waals surface area contributed by atoms with Crippen molar-refractivity contribution in [1.82, 2.24) is 0 Å². The molecule has 0 bridgehead atoms. The van der Waals surface area contributed by atoms with Crippen LogP contribution < -0.4 is 9.64 Å². The van der Waals surface area contributed by atoms with E-state index in [1.54, 1.807) is 12.1 Å². The summed E-state index contributed by atoms with van der Waals surface area (Å²) in [5.41, 5.74) is 1.25. The molecule has 134 valence electrons. The molecule has 0 aliphatic heterocycles. The Bertz CT molecular complexity index is 707. The number of benzene rings is 2. The Labute approximate surface area is 158 Å². The third-order valence-corrected chi connectivity index (χ3v) is 4.29. The number of anilines is 1. The van der Waals surface area contributed by atoms with Gasteiger partial charge >= 0.3 is 5.97 Å². The Morgan fingerprint density at radius 1 is 1.04 bits per heavy atom. The molecule has 0 amide bonds. The zero-order valence-electron chi connectivity index (χ0n) is 14.3. The van der Waals surface area contributed by atoms with E-state index in [9.17, 15) is 4.79 Å². The van der Waals surface area contributed by atoms with E-state index in [0.717, 1.165) is 18.7 Å². The Kier molecular flexibility index (Phi) is 7.41. The lowest BCUT2D eigenvalue weighted by atomic mass is 10.2. The van der Waals surface area contributed by atoms with Crippen LogP contribution in [0.3, 0.4) is 0 Å². The summed E-state index contributed by atoms with van der Waals surface area (Å²) in [4.78, 5) is 14.6. The SMILES string of the molecule is CCCN(CCOC(=O)c1c(Cl)ccc(Cl)c1OC)c1ccccc1. The molecule has 0 atom stereocenters. The molecule has 2 aromatic carbocycles. The van der Waals surface area contributed by atoms with Crippen LogP contribution in [0, 0.1) is 0 Å². The van der Waals surface area contributed by atoms with Crippen LogP contribution in [0.25, 0.3) is 0 Å². The van der Waals surface area contributed by atoms with Crippen molar-refractivity contribution >= 4 is 34.9 Å². The number of rotatable bonds is 8. The summed E-state index contributed by atoms with van der Waals surface area (Å²) in [6, 6.07) is 13.2. The molecule has 0 aliphatic rings. The minimum absolute atomic E-state index is 0.151. The van der Waals surface area contributed by atoms with Gasteiger partial charge < -0.3 is 14.4 Å². The van der Waals surface area contributed by atoms with Gasteiger partial charge in [-0.3, -0.25) is 0 Å². The second-order valence-electron chi connectivity index (χ2n) is 5.40. The first kappa shape index (κ1) is 19.4. The van der Waals surface area contributed by atoms with Gasteiger partial charge in [0.1, 0.15) is 12.2 Å². The summed E-state index contributed by atoms with van der Waals surface area (Å²) in [7, 11) is 1.44. The third-order valence-electron chi connectivity index (χ3n) is 3.68. The van der Waals surface area contributed by atoms with E-state index in [2.05, 4.69) is 11.8 Å². The molecule has 6 heteroatoms. The molecular weight excluding hydrogens is 361 g/mol. The Hall–Kier alpha value is -1.91. The highest BCUT2D eigenvalue weighted by Gasteiger charge is 2.21. The zero-order valence-corrected chi connectivity index (χ0v) is 15.8. The largest absolute Gasteiger partial charge is 0.494 e. The molecular formula is C19H21Cl2NO3. The number of esters is 1. The van der Waals surface area contributed by atoms with E-state index in [1.165, 1.54) is 7.11 Å². The second-order valence-corrected chi connectivity index (χ2v) is 6.21. The number of para-hydroxylation sites is 1. The fraction of sp³-hybridized carbons (Fsp3) is 0.316. The molecule has 0 fully saturated rings. The zero-order chi connectivity index (χ0) is 18.2. The standard InChI is InChI=1S/C19H21Cl2NO3/c1-3-11-22(14-7-5-4-6-8-14)12-13-25-19(23)17-15(20)9-10-16(21)18(17)24-2/h4-10H,3,11-13H2,1-2H3. The van der Waals surface area contributed by atoms with Crippen LogP contribution in [0.15, 0.2) is 42.5 Å². The first-order chi connectivity index (χ1) is 12.1. The lowest BCUT2D eigenvalue weighted by Gasteiger charge is -2.24. The first-order valence-electron chi connectivity index (χ1n) is 8.07. The number of methoxy groups -OCH3 is 1. The molecule has 0 saturated heterocycles. The molecule has 0 radical (unpaired) electrons. The van der Waals surface area contributed by atoms with Crippen LogP contribution in [0.2, 0.25) is 10.0 Å². The van der Waals surface area contributed by atoms with Crippen molar-refractivity contribution in [3.05, 3.63) is 58.1 Å². The number of carbonyl (C=O) groups is 1. The predicted molar refractivity (Wildman–Crippen MR) is 102 cm³/mol. The minimum Gasteiger partial charge on any atom is -0.494 e. The van der Waals surface area contributed by atoms with Crippen molar-refractivity contribution in [2.24, 2.45) is 0 Å². The van der Waals surface area contributed by atoms with Gasteiger partial charge in [-0.15, -0.1) is 0 Å². The maximum atomic E-state index is 12.4. The molecule has 0 saturated carbocycles. The van der Waals surface area contributed by atoms with E-state index in [4.69, 9.17) is 32.7 Å². The molecule has 0 unspecified atom stereocenters. The number of halogens is 2. The highest BCUT2D eigenvalue weighted by Crippen LogP contribution is 2.34. The fourth-order valence-electron chi connectivity index (χ4n) is 2.52.